The van der Waals surface area contributed by atoms with Crippen LogP contribution in [0.1, 0.15) is 30.1 Å². The normalized spacial score (nSPS) is 12.7. The molecule has 0 unspecified atom stereocenters. The van der Waals surface area contributed by atoms with Crippen molar-refractivity contribution in [2.24, 2.45) is 0 Å². The second-order valence-corrected chi connectivity index (χ2v) is 8.99. The van der Waals surface area contributed by atoms with Gasteiger partial charge in [-0.2, -0.15) is 0 Å². The lowest BCUT2D eigenvalue weighted by Crippen LogP contribution is -2.31. The number of benzene rings is 2. The third kappa shape index (κ3) is 5.91. The third-order valence-electron chi connectivity index (χ3n) is 4.68. The van der Waals surface area contributed by atoms with E-state index in [-0.39, 0.29) is 37.5 Å². The maximum absolute atomic E-state index is 12.4. The van der Waals surface area contributed by atoms with Crippen LogP contribution in [0, 0.1) is 0 Å². The number of carbonyl (C=O) groups excluding carboxylic acids is 2. The van der Waals surface area contributed by atoms with Gasteiger partial charge in [0.05, 0.1) is 29.8 Å². The Morgan fingerprint density at radius 3 is 2.53 bits per heavy atom. The van der Waals surface area contributed by atoms with E-state index < -0.39 is 16.0 Å². The smallest absolute Gasteiger partial charge is 0.340 e. The molecule has 0 bridgehead atoms. The minimum absolute atomic E-state index is 0.0632. The van der Waals surface area contributed by atoms with Gasteiger partial charge in [-0.15, -0.1) is 0 Å². The number of nitrogens with zero attached hydrogens (tertiary/aromatic N) is 1. The van der Waals surface area contributed by atoms with E-state index in [9.17, 15) is 18.0 Å². The van der Waals surface area contributed by atoms with Crippen molar-refractivity contribution in [3.8, 4) is 11.5 Å². The summed E-state index contributed by atoms with van der Waals surface area (Å²) in [5, 5.41) is 2.70. The van der Waals surface area contributed by atoms with Gasteiger partial charge in [0.25, 0.3) is 0 Å². The van der Waals surface area contributed by atoms with Gasteiger partial charge < -0.3 is 19.5 Å². The number of ether oxygens (including phenoxy) is 3. The number of esters is 1. The van der Waals surface area contributed by atoms with Crippen LogP contribution in [0.2, 0.25) is 0 Å². The number of para-hydroxylation sites is 1. The molecular formula is C22H26N2O7S. The molecule has 0 aliphatic carbocycles. The minimum atomic E-state index is -3.58. The number of nitrogens with one attached hydrogen (secondary N) is 1. The quantitative estimate of drug-likeness (QED) is 0.571. The van der Waals surface area contributed by atoms with Crippen molar-refractivity contribution in [2.75, 3.05) is 42.2 Å². The average Bonchev–Trinajstić information content (AvgIpc) is 2.76. The third-order valence-corrected chi connectivity index (χ3v) is 5.87. The van der Waals surface area contributed by atoms with Gasteiger partial charge in [-0.25, -0.2) is 13.2 Å². The lowest BCUT2D eigenvalue weighted by molar-refractivity contribution is -0.116. The summed E-state index contributed by atoms with van der Waals surface area (Å²) in [6, 6.07) is 11.5. The van der Waals surface area contributed by atoms with E-state index in [0.29, 0.717) is 36.1 Å². The molecular weight excluding hydrogens is 436 g/mol. The molecule has 2 aromatic carbocycles. The van der Waals surface area contributed by atoms with Crippen molar-refractivity contribution >= 4 is 33.3 Å². The van der Waals surface area contributed by atoms with Gasteiger partial charge in [-0.3, -0.25) is 9.10 Å². The Morgan fingerprint density at radius 2 is 1.81 bits per heavy atom. The molecule has 10 heteroatoms. The molecule has 3 rings (SSSR count). The summed E-state index contributed by atoms with van der Waals surface area (Å²) in [6.07, 6.45) is 1.45. The first-order valence-corrected chi connectivity index (χ1v) is 12.1. The van der Waals surface area contributed by atoms with Crippen molar-refractivity contribution in [2.45, 2.75) is 19.8 Å². The van der Waals surface area contributed by atoms with E-state index in [2.05, 4.69) is 5.32 Å². The molecule has 0 fully saturated rings. The lowest BCUT2D eigenvalue weighted by Gasteiger charge is -2.25. The second-order valence-electron chi connectivity index (χ2n) is 7.08. The van der Waals surface area contributed by atoms with Gasteiger partial charge in [0.15, 0.2) is 11.5 Å². The fourth-order valence-corrected chi connectivity index (χ4v) is 4.21. The highest BCUT2D eigenvalue weighted by atomic mass is 32.2. The molecule has 0 spiro atoms. The van der Waals surface area contributed by atoms with Crippen LogP contribution in [0.4, 0.5) is 11.4 Å². The summed E-state index contributed by atoms with van der Waals surface area (Å²) < 4.78 is 41.9. The summed E-state index contributed by atoms with van der Waals surface area (Å²) in [4.78, 5) is 24.5. The van der Waals surface area contributed by atoms with Crippen LogP contribution in [-0.2, 0) is 19.6 Å². The molecule has 172 valence electrons. The summed E-state index contributed by atoms with van der Waals surface area (Å²) >= 11 is 0. The van der Waals surface area contributed by atoms with Crippen molar-refractivity contribution in [3.63, 3.8) is 0 Å². The van der Waals surface area contributed by atoms with Crippen molar-refractivity contribution in [1.29, 1.82) is 0 Å². The average molecular weight is 463 g/mol. The van der Waals surface area contributed by atoms with Gasteiger partial charge in [-0.1, -0.05) is 12.1 Å². The van der Waals surface area contributed by atoms with Gasteiger partial charge in [0.1, 0.15) is 13.2 Å². The van der Waals surface area contributed by atoms with Crippen molar-refractivity contribution < 1.29 is 32.2 Å². The maximum atomic E-state index is 12.4. The molecule has 0 saturated heterocycles. The first-order valence-electron chi connectivity index (χ1n) is 10.2. The van der Waals surface area contributed by atoms with Crippen LogP contribution in [0.5, 0.6) is 11.5 Å². The highest BCUT2D eigenvalue weighted by Gasteiger charge is 2.21. The van der Waals surface area contributed by atoms with Gasteiger partial charge >= 0.3 is 5.97 Å². The number of hydrogen-bond donors (Lipinski definition) is 1. The monoisotopic (exact) mass is 462 g/mol. The van der Waals surface area contributed by atoms with Gasteiger partial charge in [0.2, 0.25) is 15.9 Å². The molecule has 1 amide bonds. The molecule has 9 nitrogen and oxygen atoms in total. The van der Waals surface area contributed by atoms with Crippen LogP contribution >= 0.6 is 0 Å². The SMILES string of the molecule is CCOC(=O)c1ccccc1NC(=O)CCCN(c1ccc2c(c1)OCCO2)S(C)(=O)=O. The van der Waals surface area contributed by atoms with E-state index in [1.165, 1.54) is 4.31 Å². The number of rotatable bonds is 9. The zero-order valence-corrected chi connectivity index (χ0v) is 18.8. The predicted molar refractivity (Wildman–Crippen MR) is 120 cm³/mol. The lowest BCUT2D eigenvalue weighted by atomic mass is 10.1. The fourth-order valence-electron chi connectivity index (χ4n) is 3.25. The molecule has 0 atom stereocenters. The molecule has 2 aromatic rings. The van der Waals surface area contributed by atoms with Crippen LogP contribution in [0.3, 0.4) is 0 Å². The largest absolute Gasteiger partial charge is 0.486 e. The molecule has 1 aliphatic heterocycles. The Hall–Kier alpha value is -3.27. The number of carbonyl (C=O) groups is 2. The molecule has 32 heavy (non-hydrogen) atoms. The Labute approximate surface area is 187 Å². The van der Waals surface area contributed by atoms with Crippen LogP contribution < -0.4 is 19.1 Å². The standard InChI is InChI=1S/C22H26N2O7S/c1-3-29-22(26)17-7-4-5-8-18(17)23-21(25)9-6-12-24(32(2,27)28)16-10-11-19-20(15-16)31-14-13-30-19/h4-5,7-8,10-11,15H,3,6,9,12-14H2,1-2H3,(H,23,25). The van der Waals surface area contributed by atoms with E-state index in [1.807, 2.05) is 0 Å². The van der Waals surface area contributed by atoms with Gasteiger partial charge in [0, 0.05) is 19.0 Å². The molecule has 0 radical (unpaired) electrons. The van der Waals surface area contributed by atoms with Crippen molar-refractivity contribution in [3.05, 3.63) is 48.0 Å². The Morgan fingerprint density at radius 1 is 1.09 bits per heavy atom. The molecule has 0 saturated carbocycles. The maximum Gasteiger partial charge on any atom is 0.340 e. The first-order chi connectivity index (χ1) is 15.3. The highest BCUT2D eigenvalue weighted by molar-refractivity contribution is 7.92. The Kier molecular flexibility index (Phi) is 7.57. The number of anilines is 2. The second kappa shape index (κ2) is 10.4. The fraction of sp³-hybridized carbons (Fsp3) is 0.364. The number of hydrogen-bond acceptors (Lipinski definition) is 7. The van der Waals surface area contributed by atoms with E-state index in [0.717, 1.165) is 6.26 Å². The molecule has 1 aliphatic rings. The van der Waals surface area contributed by atoms with E-state index in [1.54, 1.807) is 49.4 Å². The van der Waals surface area contributed by atoms with Crippen LogP contribution in [0.25, 0.3) is 0 Å². The van der Waals surface area contributed by atoms with Crippen molar-refractivity contribution in [1.82, 2.24) is 0 Å². The summed E-state index contributed by atoms with van der Waals surface area (Å²) in [7, 11) is -3.58. The summed E-state index contributed by atoms with van der Waals surface area (Å²) in [5.41, 5.74) is 1.05. The zero-order valence-electron chi connectivity index (χ0n) is 18.0. The Balaban J connectivity index is 1.64. The van der Waals surface area contributed by atoms with Crippen LogP contribution in [0.15, 0.2) is 42.5 Å². The molecule has 1 N–H and O–H groups in total. The number of amides is 1. The molecule has 1 heterocycles. The highest BCUT2D eigenvalue weighted by Crippen LogP contribution is 2.34. The number of sulfonamides is 1. The topological polar surface area (TPSA) is 111 Å². The van der Waals surface area contributed by atoms with Crippen LogP contribution in [-0.4, -0.2) is 52.9 Å². The minimum Gasteiger partial charge on any atom is -0.486 e. The zero-order chi connectivity index (χ0) is 23.1. The Bertz CT molecular complexity index is 1090. The first kappa shape index (κ1) is 23.4. The van der Waals surface area contributed by atoms with Gasteiger partial charge in [-0.05, 0) is 37.6 Å². The summed E-state index contributed by atoms with van der Waals surface area (Å²) in [5.74, 6) is 0.187. The van der Waals surface area contributed by atoms with E-state index >= 15 is 0 Å². The predicted octanol–water partition coefficient (Wildman–Crippen LogP) is 2.82. The molecule has 0 aromatic heterocycles. The summed E-state index contributed by atoms with van der Waals surface area (Å²) in [6.45, 7) is 2.86. The number of fused-ring (bicyclic) bond motifs is 1. The van der Waals surface area contributed by atoms with E-state index in [4.69, 9.17) is 14.2 Å².